The first kappa shape index (κ1) is 14.7. The van der Waals surface area contributed by atoms with Crippen LogP contribution in [0.25, 0.3) is 0 Å². The number of anilines is 2. The van der Waals surface area contributed by atoms with E-state index in [1.54, 1.807) is 36.1 Å². The van der Waals surface area contributed by atoms with E-state index < -0.39 is 6.10 Å². The molecule has 0 saturated heterocycles. The van der Waals surface area contributed by atoms with Gasteiger partial charge in [0.05, 0.1) is 16.9 Å². The van der Waals surface area contributed by atoms with Gasteiger partial charge in [-0.2, -0.15) is 0 Å². The van der Waals surface area contributed by atoms with Crippen LogP contribution >= 0.6 is 0 Å². The number of nitrogens with zero attached hydrogens (tertiary/aromatic N) is 1. The number of carbonyl (C=O) groups is 2. The highest BCUT2D eigenvalue weighted by atomic mass is 19.1. The second kappa shape index (κ2) is 5.33. The number of nitrogens with one attached hydrogen (secondary N) is 1. The van der Waals surface area contributed by atoms with E-state index in [4.69, 9.17) is 4.74 Å². The zero-order valence-corrected chi connectivity index (χ0v) is 13.0. The lowest BCUT2D eigenvalue weighted by molar-refractivity contribution is -0.122. The summed E-state index contributed by atoms with van der Waals surface area (Å²) >= 11 is 0. The van der Waals surface area contributed by atoms with E-state index in [9.17, 15) is 14.0 Å². The van der Waals surface area contributed by atoms with Crippen molar-refractivity contribution in [3.05, 3.63) is 53.3 Å². The highest BCUT2D eigenvalue weighted by Gasteiger charge is 2.32. The Kier molecular flexibility index (Phi) is 3.26. The fourth-order valence-corrected chi connectivity index (χ4v) is 3.10. The first-order chi connectivity index (χ1) is 11.5. The summed E-state index contributed by atoms with van der Waals surface area (Å²) in [4.78, 5) is 26.3. The van der Waals surface area contributed by atoms with Gasteiger partial charge >= 0.3 is 0 Å². The molecule has 0 saturated carbocycles. The highest BCUT2D eigenvalue weighted by molar-refractivity contribution is 6.11. The average molecular weight is 326 g/mol. The first-order valence-electron chi connectivity index (χ1n) is 7.75. The number of benzene rings is 2. The Morgan fingerprint density at radius 3 is 3.00 bits per heavy atom. The molecule has 5 nitrogen and oxygen atoms in total. The summed E-state index contributed by atoms with van der Waals surface area (Å²) in [6.07, 6.45) is 0.0134. The van der Waals surface area contributed by atoms with E-state index in [0.717, 1.165) is 5.56 Å². The van der Waals surface area contributed by atoms with E-state index in [0.29, 0.717) is 35.7 Å². The molecule has 2 amide bonds. The molecule has 6 heteroatoms. The Bertz CT molecular complexity index is 865. The Morgan fingerprint density at radius 2 is 2.17 bits per heavy atom. The monoisotopic (exact) mass is 326 g/mol. The van der Waals surface area contributed by atoms with E-state index in [-0.39, 0.29) is 17.6 Å². The molecule has 2 aliphatic heterocycles. The number of para-hydroxylation sites is 1. The van der Waals surface area contributed by atoms with E-state index in [2.05, 4.69) is 5.32 Å². The van der Waals surface area contributed by atoms with Crippen LogP contribution in [0, 0.1) is 5.82 Å². The third-order valence-corrected chi connectivity index (χ3v) is 4.36. The molecule has 1 N–H and O–H groups in total. The lowest BCUT2D eigenvalue weighted by Gasteiger charge is -2.26. The van der Waals surface area contributed by atoms with Crippen molar-refractivity contribution >= 4 is 23.2 Å². The molecule has 0 radical (unpaired) electrons. The third kappa shape index (κ3) is 2.22. The maximum absolute atomic E-state index is 13.6. The van der Waals surface area contributed by atoms with Crippen LogP contribution in [0.15, 0.2) is 36.4 Å². The summed E-state index contributed by atoms with van der Waals surface area (Å²) in [6, 6.07) is 9.51. The van der Waals surface area contributed by atoms with E-state index in [1.807, 2.05) is 0 Å². The summed E-state index contributed by atoms with van der Waals surface area (Å²) in [6.45, 7) is 2.11. The Balaban J connectivity index is 1.74. The third-order valence-electron chi connectivity index (χ3n) is 4.36. The van der Waals surface area contributed by atoms with Crippen LogP contribution in [0.4, 0.5) is 15.8 Å². The van der Waals surface area contributed by atoms with Gasteiger partial charge in [-0.3, -0.25) is 9.59 Å². The van der Waals surface area contributed by atoms with Gasteiger partial charge in [0.2, 0.25) is 0 Å². The molecule has 2 aliphatic rings. The zero-order chi connectivity index (χ0) is 16.8. The Labute approximate surface area is 138 Å². The molecule has 0 bridgehead atoms. The number of fused-ring (bicyclic) bond motifs is 2. The summed E-state index contributed by atoms with van der Waals surface area (Å²) in [5.41, 5.74) is 2.36. The lowest BCUT2D eigenvalue weighted by Crippen LogP contribution is -2.36. The van der Waals surface area contributed by atoms with Crippen LogP contribution in [0.2, 0.25) is 0 Å². The molecule has 122 valence electrons. The maximum Gasteiger partial charge on any atom is 0.265 e. The Hall–Kier alpha value is -2.89. The summed E-state index contributed by atoms with van der Waals surface area (Å²) in [5.74, 6) is -0.527. The van der Waals surface area contributed by atoms with Crippen molar-refractivity contribution in [1.29, 1.82) is 0 Å². The smallest absolute Gasteiger partial charge is 0.265 e. The van der Waals surface area contributed by atoms with Crippen molar-refractivity contribution in [2.45, 2.75) is 19.4 Å². The molecule has 1 unspecified atom stereocenters. The van der Waals surface area contributed by atoms with Gasteiger partial charge < -0.3 is 15.0 Å². The van der Waals surface area contributed by atoms with Crippen molar-refractivity contribution in [3.63, 3.8) is 0 Å². The van der Waals surface area contributed by atoms with Gasteiger partial charge in [0.25, 0.3) is 11.8 Å². The molecule has 0 fully saturated rings. The molecule has 1 atom stereocenters. The second-order valence-corrected chi connectivity index (χ2v) is 5.91. The topological polar surface area (TPSA) is 58.6 Å². The predicted octanol–water partition coefficient (Wildman–Crippen LogP) is 2.75. The van der Waals surface area contributed by atoms with Crippen LogP contribution in [-0.2, 0) is 11.2 Å². The first-order valence-corrected chi connectivity index (χ1v) is 7.75. The van der Waals surface area contributed by atoms with Gasteiger partial charge in [-0.15, -0.1) is 0 Å². The summed E-state index contributed by atoms with van der Waals surface area (Å²) in [7, 11) is 0. The highest BCUT2D eigenvalue weighted by Crippen LogP contribution is 2.36. The van der Waals surface area contributed by atoms with Crippen molar-refractivity contribution in [2.75, 3.05) is 16.8 Å². The summed E-state index contributed by atoms with van der Waals surface area (Å²) < 4.78 is 19.2. The summed E-state index contributed by atoms with van der Waals surface area (Å²) in [5, 5.41) is 2.73. The molecule has 0 aromatic heterocycles. The van der Waals surface area contributed by atoms with Crippen molar-refractivity contribution in [2.24, 2.45) is 0 Å². The quantitative estimate of drug-likeness (QED) is 0.877. The maximum atomic E-state index is 13.6. The van der Waals surface area contributed by atoms with Gasteiger partial charge in [0.1, 0.15) is 5.82 Å². The standard InChI is InChI=1S/C18H15FN2O3/c1-10-17(22)20-14-4-2-3-13(16(14)24-10)18(23)21-8-7-11-5-6-12(19)9-15(11)21/h2-6,9-10H,7-8H2,1H3,(H,20,22). The molecule has 0 spiro atoms. The Morgan fingerprint density at radius 1 is 1.33 bits per heavy atom. The molecule has 24 heavy (non-hydrogen) atoms. The van der Waals surface area contributed by atoms with E-state index in [1.165, 1.54) is 12.1 Å². The van der Waals surface area contributed by atoms with Crippen LogP contribution in [0.1, 0.15) is 22.8 Å². The average Bonchev–Trinajstić information content (AvgIpc) is 2.97. The minimum atomic E-state index is -0.672. The number of ether oxygens (including phenoxy) is 1. The fraction of sp³-hybridized carbons (Fsp3) is 0.222. The lowest BCUT2D eigenvalue weighted by atomic mass is 10.1. The molecule has 2 aromatic rings. The number of rotatable bonds is 1. The van der Waals surface area contributed by atoms with E-state index >= 15 is 0 Å². The molecular weight excluding hydrogens is 311 g/mol. The zero-order valence-electron chi connectivity index (χ0n) is 13.0. The predicted molar refractivity (Wildman–Crippen MR) is 86.9 cm³/mol. The number of hydrogen-bond acceptors (Lipinski definition) is 3. The van der Waals surface area contributed by atoms with Gasteiger partial charge in [0, 0.05) is 6.54 Å². The van der Waals surface area contributed by atoms with Gasteiger partial charge in [-0.05, 0) is 43.2 Å². The van der Waals surface area contributed by atoms with Gasteiger partial charge in [-0.1, -0.05) is 12.1 Å². The van der Waals surface area contributed by atoms with Crippen LogP contribution in [0.3, 0.4) is 0 Å². The number of amides is 2. The fourth-order valence-electron chi connectivity index (χ4n) is 3.10. The normalized spacial score (nSPS) is 18.5. The minimum Gasteiger partial charge on any atom is -0.478 e. The molecular formula is C18H15FN2O3. The van der Waals surface area contributed by atoms with Gasteiger partial charge in [0.15, 0.2) is 11.9 Å². The van der Waals surface area contributed by atoms with Crippen LogP contribution < -0.4 is 15.0 Å². The molecule has 0 aliphatic carbocycles. The van der Waals surface area contributed by atoms with Crippen molar-refractivity contribution in [3.8, 4) is 5.75 Å². The van der Waals surface area contributed by atoms with Crippen molar-refractivity contribution in [1.82, 2.24) is 0 Å². The molecule has 2 heterocycles. The number of halogens is 1. The second-order valence-electron chi connectivity index (χ2n) is 5.91. The molecule has 4 rings (SSSR count). The number of carbonyl (C=O) groups excluding carboxylic acids is 2. The minimum absolute atomic E-state index is 0.249. The van der Waals surface area contributed by atoms with Crippen LogP contribution in [-0.4, -0.2) is 24.5 Å². The van der Waals surface area contributed by atoms with Gasteiger partial charge in [-0.25, -0.2) is 4.39 Å². The van der Waals surface area contributed by atoms with Crippen LogP contribution in [0.5, 0.6) is 5.75 Å². The SMILES string of the molecule is CC1Oc2c(cccc2C(=O)N2CCc3ccc(F)cc32)NC1=O. The number of hydrogen-bond donors (Lipinski definition) is 1. The van der Waals surface area contributed by atoms with Crippen molar-refractivity contribution < 1.29 is 18.7 Å². The largest absolute Gasteiger partial charge is 0.478 e. The molecule has 2 aromatic carbocycles.